The molecule has 0 aromatic carbocycles. The second-order valence-corrected chi connectivity index (χ2v) is 14.6. The maximum Gasteiger partial charge on any atom is 0.212 e. The second-order valence-electron chi connectivity index (χ2n) is 7.99. The summed E-state index contributed by atoms with van der Waals surface area (Å²) in [5.74, 6) is 0.172. The van der Waals surface area contributed by atoms with Gasteiger partial charge in [-0.05, 0) is 51.7 Å². The molecule has 0 bridgehead atoms. The van der Waals surface area contributed by atoms with E-state index in [1.165, 1.54) is 0 Å². The van der Waals surface area contributed by atoms with Gasteiger partial charge in [-0.3, -0.25) is 0 Å². The van der Waals surface area contributed by atoms with Gasteiger partial charge in [0.2, 0.25) is 10.0 Å². The average Bonchev–Trinajstić information content (AvgIpc) is 2.10. The Labute approximate surface area is 126 Å². The Kier molecular flexibility index (Phi) is 6.93. The Balaban J connectivity index is 4.06. The van der Waals surface area contributed by atoms with Crippen LogP contribution >= 0.6 is 0 Å². The van der Waals surface area contributed by atoms with Gasteiger partial charge in [0.25, 0.3) is 0 Å². The maximum absolute atomic E-state index is 11.8. The van der Waals surface area contributed by atoms with Crippen LogP contribution in [0.3, 0.4) is 0 Å². The quantitative estimate of drug-likeness (QED) is 0.576. The van der Waals surface area contributed by atoms with Crippen molar-refractivity contribution in [3.63, 3.8) is 0 Å². The fourth-order valence-electron chi connectivity index (χ4n) is 1.46. The number of sulfonamides is 1. The number of unbranched alkanes of at least 4 members (excludes halogenated alkanes) is 1. The fraction of sp³-hybridized carbons (Fsp3) is 1.00. The number of hydrogen-bond acceptors (Lipinski definition) is 3. The first-order valence-electron chi connectivity index (χ1n) is 7.32. The molecule has 1 N–H and O–H groups in total. The van der Waals surface area contributed by atoms with E-state index >= 15 is 0 Å². The van der Waals surface area contributed by atoms with Gasteiger partial charge in [0.1, 0.15) is 0 Å². The summed E-state index contributed by atoms with van der Waals surface area (Å²) in [6, 6.07) is 0. The minimum Gasteiger partial charge on any atom is -0.417 e. The van der Waals surface area contributed by atoms with Crippen LogP contribution in [0.2, 0.25) is 18.1 Å². The number of hydrogen-bond donors (Lipinski definition) is 1. The lowest BCUT2D eigenvalue weighted by Crippen LogP contribution is -2.42. The lowest BCUT2D eigenvalue weighted by Gasteiger charge is -2.36. The van der Waals surface area contributed by atoms with E-state index in [0.717, 1.165) is 6.42 Å². The van der Waals surface area contributed by atoms with Gasteiger partial charge in [0.05, 0.1) is 5.75 Å². The maximum atomic E-state index is 11.8. The van der Waals surface area contributed by atoms with Crippen LogP contribution < -0.4 is 4.72 Å². The van der Waals surface area contributed by atoms with Crippen LogP contribution in [0.15, 0.2) is 0 Å². The summed E-state index contributed by atoms with van der Waals surface area (Å²) in [7, 11) is -4.88. The average molecular weight is 324 g/mol. The van der Waals surface area contributed by atoms with E-state index in [0.29, 0.717) is 13.0 Å². The summed E-state index contributed by atoms with van der Waals surface area (Å²) in [4.78, 5) is 0. The molecular formula is C14H33NO3SSi. The van der Waals surface area contributed by atoms with Crippen LogP contribution in [0.5, 0.6) is 0 Å². The molecule has 6 heteroatoms. The highest BCUT2D eigenvalue weighted by Crippen LogP contribution is 2.36. The van der Waals surface area contributed by atoms with Crippen molar-refractivity contribution in [2.24, 2.45) is 0 Å². The van der Waals surface area contributed by atoms with Gasteiger partial charge in [-0.2, -0.15) is 0 Å². The van der Waals surface area contributed by atoms with Gasteiger partial charge in [-0.15, -0.1) is 0 Å². The minimum atomic E-state index is -3.18. The van der Waals surface area contributed by atoms with E-state index in [1.807, 2.05) is 20.8 Å². The van der Waals surface area contributed by atoms with Crippen LogP contribution in [0.25, 0.3) is 0 Å². The molecule has 0 heterocycles. The molecule has 0 aromatic rings. The van der Waals surface area contributed by atoms with Gasteiger partial charge >= 0.3 is 0 Å². The summed E-state index contributed by atoms with van der Waals surface area (Å²) >= 11 is 0. The van der Waals surface area contributed by atoms with Gasteiger partial charge in [0, 0.05) is 12.1 Å². The molecular weight excluding hydrogens is 290 g/mol. The predicted octanol–water partition coefficient (Wildman–Crippen LogP) is 3.51. The van der Waals surface area contributed by atoms with E-state index in [-0.39, 0.29) is 10.8 Å². The molecule has 4 nitrogen and oxygen atoms in total. The molecule has 0 fully saturated rings. The van der Waals surface area contributed by atoms with Crippen LogP contribution in [0.4, 0.5) is 0 Å². The zero-order chi connectivity index (χ0) is 16.2. The van der Waals surface area contributed by atoms with Crippen molar-refractivity contribution >= 4 is 18.3 Å². The molecule has 0 aromatic heterocycles. The monoisotopic (exact) mass is 323 g/mol. The first-order valence-corrected chi connectivity index (χ1v) is 11.9. The molecule has 0 atom stereocenters. The van der Waals surface area contributed by atoms with Gasteiger partial charge in [-0.1, -0.05) is 20.8 Å². The summed E-state index contributed by atoms with van der Waals surface area (Å²) in [6.45, 7) is 17.3. The first-order chi connectivity index (χ1) is 8.66. The van der Waals surface area contributed by atoms with E-state index in [1.54, 1.807) is 0 Å². The Morgan fingerprint density at radius 1 is 1.00 bits per heavy atom. The Morgan fingerprint density at radius 3 is 1.90 bits per heavy atom. The smallest absolute Gasteiger partial charge is 0.212 e. The number of rotatable bonds is 7. The van der Waals surface area contributed by atoms with Gasteiger partial charge in [-0.25, -0.2) is 13.1 Å². The fourth-order valence-corrected chi connectivity index (χ4v) is 4.16. The van der Waals surface area contributed by atoms with Gasteiger partial charge < -0.3 is 4.43 Å². The molecule has 20 heavy (non-hydrogen) atoms. The lowest BCUT2D eigenvalue weighted by molar-refractivity contribution is 0.281. The molecule has 0 aliphatic carbocycles. The molecule has 0 rings (SSSR count). The van der Waals surface area contributed by atoms with Gasteiger partial charge in [0.15, 0.2) is 8.32 Å². The van der Waals surface area contributed by atoms with E-state index < -0.39 is 23.9 Å². The van der Waals surface area contributed by atoms with Crippen LogP contribution in [0, 0.1) is 0 Å². The summed E-state index contributed by atoms with van der Waals surface area (Å²) in [5, 5.41) is 0.201. The topological polar surface area (TPSA) is 55.4 Å². The molecule has 0 spiro atoms. The van der Waals surface area contributed by atoms with Crippen molar-refractivity contribution in [2.45, 2.75) is 78.1 Å². The summed E-state index contributed by atoms with van der Waals surface area (Å²) in [5.41, 5.74) is -0.406. The Hall–Kier alpha value is 0.0869. The van der Waals surface area contributed by atoms with Crippen molar-refractivity contribution in [1.29, 1.82) is 0 Å². The van der Waals surface area contributed by atoms with E-state index in [2.05, 4.69) is 38.6 Å². The van der Waals surface area contributed by atoms with Crippen molar-refractivity contribution in [3.05, 3.63) is 0 Å². The highest BCUT2D eigenvalue weighted by Gasteiger charge is 2.36. The zero-order valence-corrected chi connectivity index (χ0v) is 16.3. The standard InChI is InChI=1S/C14H33NO3SSi/c1-13(2,3)15-19(16,17)12-10-9-11-18-20(7,8)14(4,5)6/h15H,9-12H2,1-8H3. The third kappa shape index (κ3) is 8.39. The SMILES string of the molecule is CC(C)(C)NS(=O)(=O)CCCCO[Si](C)(C)C(C)(C)C. The summed E-state index contributed by atoms with van der Waals surface area (Å²) in [6.07, 6.45) is 1.43. The predicted molar refractivity (Wildman–Crippen MR) is 89.1 cm³/mol. The second kappa shape index (κ2) is 6.90. The first kappa shape index (κ1) is 20.1. The van der Waals surface area contributed by atoms with Crippen LogP contribution in [-0.4, -0.2) is 34.6 Å². The lowest BCUT2D eigenvalue weighted by atomic mass is 10.1. The Morgan fingerprint density at radius 2 is 1.50 bits per heavy atom. The van der Waals surface area contributed by atoms with Crippen molar-refractivity contribution in [2.75, 3.05) is 12.4 Å². The minimum absolute atomic E-state index is 0.172. The van der Waals surface area contributed by atoms with Crippen LogP contribution in [-0.2, 0) is 14.4 Å². The molecule has 0 radical (unpaired) electrons. The van der Waals surface area contributed by atoms with E-state index in [4.69, 9.17) is 4.43 Å². The largest absolute Gasteiger partial charge is 0.417 e. The molecule has 0 unspecified atom stereocenters. The highest BCUT2D eigenvalue weighted by molar-refractivity contribution is 7.89. The zero-order valence-electron chi connectivity index (χ0n) is 14.5. The van der Waals surface area contributed by atoms with Crippen molar-refractivity contribution in [1.82, 2.24) is 4.72 Å². The number of nitrogens with one attached hydrogen (secondary N) is 1. The third-order valence-corrected chi connectivity index (χ3v) is 9.83. The van der Waals surface area contributed by atoms with Crippen LogP contribution in [0.1, 0.15) is 54.4 Å². The third-order valence-electron chi connectivity index (χ3n) is 3.54. The Bertz CT molecular complexity index is 392. The van der Waals surface area contributed by atoms with E-state index in [9.17, 15) is 8.42 Å². The van der Waals surface area contributed by atoms with Crippen molar-refractivity contribution in [3.8, 4) is 0 Å². The molecule has 0 saturated carbocycles. The molecule has 0 amide bonds. The molecule has 0 aliphatic rings. The molecule has 0 saturated heterocycles. The summed E-state index contributed by atoms with van der Waals surface area (Å²) < 4.78 is 32.3. The molecule has 122 valence electrons. The normalized spacial score (nSPS) is 14.6. The highest BCUT2D eigenvalue weighted by atomic mass is 32.2. The molecule has 0 aliphatic heterocycles. The van der Waals surface area contributed by atoms with Crippen molar-refractivity contribution < 1.29 is 12.8 Å².